The van der Waals surface area contributed by atoms with Crippen molar-refractivity contribution >= 4 is 5.97 Å². The number of aliphatic carboxylic acids is 1. The van der Waals surface area contributed by atoms with Gasteiger partial charge in [-0.1, -0.05) is 19.8 Å². The average molecular weight is 194 g/mol. The normalized spacial score (nSPS) is 29.1. The fourth-order valence-electron chi connectivity index (χ4n) is 1.77. The molecule has 3 heteroatoms. The first-order valence-electron chi connectivity index (χ1n) is 4.38. The van der Waals surface area contributed by atoms with Crippen LogP contribution in [0.5, 0.6) is 0 Å². The van der Waals surface area contributed by atoms with Crippen LogP contribution in [-0.2, 0) is 4.79 Å². The first kappa shape index (κ1) is 13.1. The van der Waals surface area contributed by atoms with E-state index in [0.717, 1.165) is 18.8 Å². The minimum atomic E-state index is -0.885. The molecule has 0 radical (unpaired) electrons. The van der Waals surface area contributed by atoms with Crippen molar-refractivity contribution < 1.29 is 61.3 Å². The van der Waals surface area contributed by atoms with E-state index in [4.69, 9.17) is 0 Å². The van der Waals surface area contributed by atoms with Gasteiger partial charge in [-0.15, -0.1) is 0 Å². The standard InChI is InChI=1S/C9H16O2.K/c1-7-2-4-8(5-3-7)6-9(10)11;/h7-8H,2-6H2,1H3,(H,10,11);/q;+1/p-1. The van der Waals surface area contributed by atoms with Crippen molar-refractivity contribution in [2.75, 3.05) is 0 Å². The Labute approximate surface area is 117 Å². The Morgan fingerprint density at radius 3 is 2.25 bits per heavy atom. The zero-order chi connectivity index (χ0) is 8.27. The summed E-state index contributed by atoms with van der Waals surface area (Å²) in [6.07, 6.45) is 4.81. The Morgan fingerprint density at radius 2 is 1.83 bits per heavy atom. The molecule has 2 nitrogen and oxygen atoms in total. The van der Waals surface area contributed by atoms with Gasteiger partial charge in [0.15, 0.2) is 0 Å². The van der Waals surface area contributed by atoms with E-state index < -0.39 is 5.97 Å². The molecule has 0 bridgehead atoms. The molecule has 1 rings (SSSR count). The number of carbonyl (C=O) groups excluding carboxylic acids is 1. The largest absolute Gasteiger partial charge is 1.00 e. The van der Waals surface area contributed by atoms with Crippen molar-refractivity contribution in [3.8, 4) is 0 Å². The Kier molecular flexibility index (Phi) is 7.15. The fourth-order valence-corrected chi connectivity index (χ4v) is 1.77. The summed E-state index contributed by atoms with van der Waals surface area (Å²) in [5.74, 6) is 0.314. The zero-order valence-corrected chi connectivity index (χ0v) is 11.1. The molecule has 1 aliphatic rings. The van der Waals surface area contributed by atoms with Crippen LogP contribution in [0.15, 0.2) is 0 Å². The van der Waals surface area contributed by atoms with E-state index in [-0.39, 0.29) is 57.8 Å². The minimum Gasteiger partial charge on any atom is -0.550 e. The summed E-state index contributed by atoms with van der Waals surface area (Å²) >= 11 is 0. The number of carbonyl (C=O) groups is 1. The molecular formula is C9H15KO2. The van der Waals surface area contributed by atoms with Crippen LogP contribution in [-0.4, -0.2) is 5.97 Å². The molecule has 1 fully saturated rings. The molecule has 1 saturated carbocycles. The SMILES string of the molecule is CC1CCC(CC(=O)[O-])CC1.[K+]. The predicted octanol–water partition coefficient (Wildman–Crippen LogP) is -2.04. The number of rotatable bonds is 2. The Hall–Kier alpha value is 1.11. The molecule has 0 aliphatic heterocycles. The Bertz CT molecular complexity index is 139. The summed E-state index contributed by atoms with van der Waals surface area (Å²) in [7, 11) is 0. The van der Waals surface area contributed by atoms with Crippen molar-refractivity contribution in [3.63, 3.8) is 0 Å². The van der Waals surface area contributed by atoms with Crippen LogP contribution in [0.2, 0.25) is 0 Å². The van der Waals surface area contributed by atoms with Crippen molar-refractivity contribution in [2.45, 2.75) is 39.0 Å². The summed E-state index contributed by atoms with van der Waals surface area (Å²) in [4.78, 5) is 10.2. The van der Waals surface area contributed by atoms with Crippen LogP contribution >= 0.6 is 0 Å². The van der Waals surface area contributed by atoms with Gasteiger partial charge in [0, 0.05) is 5.97 Å². The third-order valence-electron chi connectivity index (χ3n) is 2.59. The molecular weight excluding hydrogens is 179 g/mol. The summed E-state index contributed by atoms with van der Waals surface area (Å²) in [5, 5.41) is 10.2. The molecule has 0 amide bonds. The summed E-state index contributed by atoms with van der Waals surface area (Å²) in [6.45, 7) is 2.23. The third kappa shape index (κ3) is 4.97. The predicted molar refractivity (Wildman–Crippen MR) is 40.7 cm³/mol. The van der Waals surface area contributed by atoms with Gasteiger partial charge in [-0.3, -0.25) is 0 Å². The first-order chi connectivity index (χ1) is 5.18. The van der Waals surface area contributed by atoms with Gasteiger partial charge in [0.2, 0.25) is 0 Å². The van der Waals surface area contributed by atoms with Gasteiger partial charge in [-0.2, -0.15) is 0 Å². The maximum atomic E-state index is 10.2. The summed E-state index contributed by atoms with van der Waals surface area (Å²) < 4.78 is 0. The molecule has 12 heavy (non-hydrogen) atoms. The molecule has 0 spiro atoms. The van der Waals surface area contributed by atoms with Crippen LogP contribution < -0.4 is 56.5 Å². The molecule has 1 aliphatic carbocycles. The van der Waals surface area contributed by atoms with Gasteiger partial charge in [-0.25, -0.2) is 0 Å². The molecule has 0 atom stereocenters. The number of hydrogen-bond acceptors (Lipinski definition) is 2. The van der Waals surface area contributed by atoms with Gasteiger partial charge in [0.1, 0.15) is 0 Å². The van der Waals surface area contributed by atoms with Gasteiger partial charge in [0.25, 0.3) is 0 Å². The van der Waals surface area contributed by atoms with Crippen molar-refractivity contribution in [1.82, 2.24) is 0 Å². The monoisotopic (exact) mass is 194 g/mol. The van der Waals surface area contributed by atoms with Crippen molar-refractivity contribution in [2.24, 2.45) is 11.8 Å². The average Bonchev–Trinajstić information content (AvgIpc) is 1.93. The topological polar surface area (TPSA) is 40.1 Å². The zero-order valence-electron chi connectivity index (χ0n) is 8.01. The maximum Gasteiger partial charge on any atom is 1.00 e. The van der Waals surface area contributed by atoms with E-state index in [9.17, 15) is 9.90 Å². The molecule has 0 unspecified atom stereocenters. The second-order valence-electron chi connectivity index (χ2n) is 3.70. The van der Waals surface area contributed by atoms with Crippen LogP contribution in [0.1, 0.15) is 39.0 Å². The molecule has 0 aromatic rings. The number of carboxylic acids is 1. The molecule has 64 valence electrons. The van der Waals surface area contributed by atoms with Gasteiger partial charge in [-0.05, 0) is 31.1 Å². The van der Waals surface area contributed by atoms with E-state index in [1.807, 2.05) is 0 Å². The maximum absolute atomic E-state index is 10.2. The van der Waals surface area contributed by atoms with E-state index in [0.29, 0.717) is 5.92 Å². The second kappa shape index (κ2) is 6.54. The van der Waals surface area contributed by atoms with E-state index in [1.54, 1.807) is 0 Å². The van der Waals surface area contributed by atoms with E-state index in [1.165, 1.54) is 12.8 Å². The van der Waals surface area contributed by atoms with Crippen LogP contribution in [0.4, 0.5) is 0 Å². The van der Waals surface area contributed by atoms with Gasteiger partial charge >= 0.3 is 51.4 Å². The number of hydrogen-bond donors (Lipinski definition) is 0. The second-order valence-corrected chi connectivity index (χ2v) is 3.70. The van der Waals surface area contributed by atoms with Crippen LogP contribution in [0.25, 0.3) is 0 Å². The van der Waals surface area contributed by atoms with E-state index in [2.05, 4.69) is 6.92 Å². The number of carboxylic acid groups (broad SMARTS) is 1. The van der Waals surface area contributed by atoms with E-state index >= 15 is 0 Å². The minimum absolute atomic E-state index is 0. The third-order valence-corrected chi connectivity index (χ3v) is 2.59. The molecule has 0 aromatic carbocycles. The van der Waals surface area contributed by atoms with Crippen LogP contribution in [0, 0.1) is 11.8 Å². The van der Waals surface area contributed by atoms with Gasteiger partial charge < -0.3 is 9.90 Å². The van der Waals surface area contributed by atoms with Crippen molar-refractivity contribution in [3.05, 3.63) is 0 Å². The quantitative estimate of drug-likeness (QED) is 0.475. The molecule has 0 aromatic heterocycles. The molecule has 0 saturated heterocycles. The fraction of sp³-hybridized carbons (Fsp3) is 0.889. The smallest absolute Gasteiger partial charge is 0.550 e. The molecule has 0 N–H and O–H groups in total. The first-order valence-corrected chi connectivity index (χ1v) is 4.38. The van der Waals surface area contributed by atoms with Crippen LogP contribution in [0.3, 0.4) is 0 Å². The molecule has 0 heterocycles. The Morgan fingerprint density at radius 1 is 1.33 bits per heavy atom. The summed E-state index contributed by atoms with van der Waals surface area (Å²) in [6, 6.07) is 0. The van der Waals surface area contributed by atoms with Gasteiger partial charge in [0.05, 0.1) is 0 Å². The summed E-state index contributed by atoms with van der Waals surface area (Å²) in [5.41, 5.74) is 0. The van der Waals surface area contributed by atoms with Crippen molar-refractivity contribution in [1.29, 1.82) is 0 Å². The Balaban J connectivity index is 0.00000121.